The summed E-state index contributed by atoms with van der Waals surface area (Å²) in [4.78, 5) is 0. The highest BCUT2D eigenvalue weighted by Crippen LogP contribution is 2.21. The van der Waals surface area contributed by atoms with Crippen molar-refractivity contribution in [1.82, 2.24) is 0 Å². The summed E-state index contributed by atoms with van der Waals surface area (Å²) in [5.41, 5.74) is 0. The van der Waals surface area contributed by atoms with Crippen molar-refractivity contribution in [1.29, 1.82) is 0 Å². The van der Waals surface area contributed by atoms with Crippen LogP contribution in [-0.4, -0.2) is 8.42 Å². The van der Waals surface area contributed by atoms with Crippen molar-refractivity contribution < 1.29 is 8.42 Å². The topological polar surface area (TPSA) is 34.1 Å². The van der Waals surface area contributed by atoms with Crippen molar-refractivity contribution in [2.75, 3.05) is 0 Å². The van der Waals surface area contributed by atoms with Crippen LogP contribution in [0.4, 0.5) is 0 Å². The molecule has 1 aromatic rings. The summed E-state index contributed by atoms with van der Waals surface area (Å²) < 4.78 is 21.8. The first-order valence-corrected chi connectivity index (χ1v) is 6.99. The Morgan fingerprint density at radius 2 is 2.22 bits per heavy atom. The number of rotatable bonds is 1. The first-order chi connectivity index (χ1) is 4.11. The van der Waals surface area contributed by atoms with Gasteiger partial charge in [-0.1, -0.05) is 6.07 Å². The lowest BCUT2D eigenvalue weighted by atomic mass is 10.7. The van der Waals surface area contributed by atoms with Gasteiger partial charge in [0.25, 0.3) is 0 Å². The minimum absolute atomic E-state index is 0.420. The Morgan fingerprint density at radius 3 is 2.44 bits per heavy atom. The van der Waals surface area contributed by atoms with Crippen LogP contribution in [0.1, 0.15) is 0 Å². The van der Waals surface area contributed by atoms with Crippen molar-refractivity contribution in [2.24, 2.45) is 0 Å². The Hall–Kier alpha value is 0.380. The molecule has 50 valence electrons. The molecular formula is C4H3IO2S2. The van der Waals surface area contributed by atoms with E-state index in [0.717, 1.165) is 0 Å². The van der Waals surface area contributed by atoms with Crippen LogP contribution in [0, 0.1) is 0 Å². The van der Waals surface area contributed by atoms with E-state index < -0.39 is 7.01 Å². The van der Waals surface area contributed by atoms with Crippen molar-refractivity contribution in [3.63, 3.8) is 0 Å². The van der Waals surface area contributed by atoms with Gasteiger partial charge in [0.05, 0.1) is 21.2 Å². The van der Waals surface area contributed by atoms with Gasteiger partial charge in [-0.05, 0) is 11.4 Å². The van der Waals surface area contributed by atoms with E-state index in [-0.39, 0.29) is 0 Å². The van der Waals surface area contributed by atoms with Gasteiger partial charge in [0.15, 0.2) is 0 Å². The molecule has 2 nitrogen and oxygen atoms in total. The fourth-order valence-electron chi connectivity index (χ4n) is 0.402. The molecule has 0 bridgehead atoms. The first kappa shape index (κ1) is 7.49. The molecule has 0 amide bonds. The molecule has 1 heterocycles. The Bertz CT molecular complexity index is 274. The molecule has 1 aromatic heterocycles. The summed E-state index contributed by atoms with van der Waals surface area (Å²) in [6.45, 7) is 0. The molecular weight excluding hydrogens is 271 g/mol. The summed E-state index contributed by atoms with van der Waals surface area (Å²) in [5.74, 6) is 0. The maximum absolute atomic E-state index is 10.7. The largest absolute Gasteiger partial charge is 0.240 e. The fourth-order valence-corrected chi connectivity index (χ4v) is 3.09. The van der Waals surface area contributed by atoms with Crippen LogP contribution in [0.15, 0.2) is 21.7 Å². The van der Waals surface area contributed by atoms with Crippen LogP contribution in [0.25, 0.3) is 0 Å². The molecule has 0 aliphatic heterocycles. The van der Waals surface area contributed by atoms with Gasteiger partial charge >= 0.3 is 0 Å². The molecule has 0 N–H and O–H groups in total. The lowest BCUT2D eigenvalue weighted by molar-refractivity contribution is 0.614. The van der Waals surface area contributed by atoms with Crippen LogP contribution in [-0.2, 0) is 7.01 Å². The normalized spacial score (nSPS) is 11.7. The predicted octanol–water partition coefficient (Wildman–Crippen LogP) is 1.87. The summed E-state index contributed by atoms with van der Waals surface area (Å²) in [7, 11) is -2.97. The maximum atomic E-state index is 10.7. The second-order valence-electron chi connectivity index (χ2n) is 1.37. The van der Waals surface area contributed by atoms with Crippen molar-refractivity contribution >= 4 is 39.6 Å². The quantitative estimate of drug-likeness (QED) is 0.578. The third-order valence-corrected chi connectivity index (χ3v) is 5.28. The minimum Gasteiger partial charge on any atom is -0.212 e. The lowest BCUT2D eigenvalue weighted by Crippen LogP contribution is -1.81. The van der Waals surface area contributed by atoms with Crippen LogP contribution in [0.5, 0.6) is 0 Å². The van der Waals surface area contributed by atoms with Crippen LogP contribution >= 0.6 is 32.5 Å². The van der Waals surface area contributed by atoms with Crippen LogP contribution in [0.2, 0.25) is 0 Å². The van der Waals surface area contributed by atoms with E-state index in [1.807, 2.05) is 0 Å². The molecule has 0 spiro atoms. The SMILES string of the molecule is O=S(=O)(I)c1cccs1. The van der Waals surface area contributed by atoms with Crippen molar-refractivity contribution in [2.45, 2.75) is 4.21 Å². The summed E-state index contributed by atoms with van der Waals surface area (Å²) in [6, 6.07) is 3.31. The average molecular weight is 274 g/mol. The highest BCUT2D eigenvalue weighted by molar-refractivity contribution is 14.2. The van der Waals surface area contributed by atoms with E-state index in [9.17, 15) is 8.42 Å². The average Bonchev–Trinajstić information content (AvgIpc) is 2.08. The van der Waals surface area contributed by atoms with E-state index in [1.54, 1.807) is 17.5 Å². The third kappa shape index (κ3) is 1.91. The maximum Gasteiger partial charge on any atom is 0.240 e. The molecule has 0 unspecified atom stereocenters. The summed E-state index contributed by atoms with van der Waals surface area (Å²) >= 11 is 2.66. The predicted molar refractivity (Wildman–Crippen MR) is 45.5 cm³/mol. The smallest absolute Gasteiger partial charge is 0.212 e. The standard InChI is InChI=1S/C4H3IO2S2/c5-9(6,7)4-2-1-3-8-4/h1-3H. The number of hydrogen-bond donors (Lipinski definition) is 0. The molecule has 0 radical (unpaired) electrons. The number of hydrogen-bond acceptors (Lipinski definition) is 3. The van der Waals surface area contributed by atoms with E-state index in [4.69, 9.17) is 0 Å². The van der Waals surface area contributed by atoms with E-state index >= 15 is 0 Å². The first-order valence-electron chi connectivity index (χ1n) is 2.09. The molecule has 9 heavy (non-hydrogen) atoms. The van der Waals surface area contributed by atoms with Gasteiger partial charge in [-0.2, -0.15) is 0 Å². The molecule has 1 rings (SSSR count). The highest BCUT2D eigenvalue weighted by Gasteiger charge is 2.07. The van der Waals surface area contributed by atoms with Crippen LogP contribution in [0.3, 0.4) is 0 Å². The van der Waals surface area contributed by atoms with Gasteiger partial charge in [0, 0.05) is 0 Å². The zero-order valence-electron chi connectivity index (χ0n) is 4.24. The zero-order valence-corrected chi connectivity index (χ0v) is 8.03. The van der Waals surface area contributed by atoms with E-state index in [0.29, 0.717) is 4.21 Å². The van der Waals surface area contributed by atoms with Gasteiger partial charge in [0.2, 0.25) is 7.01 Å². The highest BCUT2D eigenvalue weighted by atomic mass is 127. The van der Waals surface area contributed by atoms with E-state index in [2.05, 4.69) is 0 Å². The monoisotopic (exact) mass is 274 g/mol. The molecule has 0 saturated heterocycles. The Morgan fingerprint density at radius 1 is 1.56 bits per heavy atom. The van der Waals surface area contributed by atoms with Gasteiger partial charge < -0.3 is 0 Å². The summed E-state index contributed by atoms with van der Waals surface area (Å²) in [5, 5.41) is 1.74. The lowest BCUT2D eigenvalue weighted by Gasteiger charge is -1.83. The molecule has 5 heteroatoms. The molecule has 0 aromatic carbocycles. The number of thiophene rings is 1. The Kier molecular flexibility index (Phi) is 2.12. The zero-order chi connectivity index (χ0) is 6.91. The molecule has 0 aliphatic carbocycles. The van der Waals surface area contributed by atoms with Gasteiger partial charge in [-0.15, -0.1) is 11.3 Å². The van der Waals surface area contributed by atoms with Crippen molar-refractivity contribution in [3.05, 3.63) is 17.5 Å². The minimum atomic E-state index is -2.97. The van der Waals surface area contributed by atoms with Gasteiger partial charge in [-0.3, -0.25) is 0 Å². The second-order valence-corrected chi connectivity index (χ2v) is 7.37. The molecule has 0 fully saturated rings. The number of halogens is 1. The van der Waals surface area contributed by atoms with Crippen LogP contribution < -0.4 is 0 Å². The van der Waals surface area contributed by atoms with Gasteiger partial charge in [0.1, 0.15) is 4.21 Å². The Labute approximate surface area is 69.4 Å². The van der Waals surface area contributed by atoms with Gasteiger partial charge in [-0.25, -0.2) is 8.42 Å². The van der Waals surface area contributed by atoms with Crippen molar-refractivity contribution in [3.8, 4) is 0 Å². The van der Waals surface area contributed by atoms with E-state index in [1.165, 1.54) is 32.5 Å². The summed E-state index contributed by atoms with van der Waals surface area (Å²) in [6.07, 6.45) is 0. The second kappa shape index (κ2) is 2.55. The third-order valence-electron chi connectivity index (χ3n) is 0.735. The molecule has 0 aliphatic rings. The molecule has 0 saturated carbocycles. The molecule has 0 atom stereocenters. The fraction of sp³-hybridized carbons (Fsp3) is 0. The Balaban J connectivity index is 3.20.